The third kappa shape index (κ3) is 1.10. The Bertz CT molecular complexity index is 335. The summed E-state index contributed by atoms with van der Waals surface area (Å²) in [6.45, 7) is 2.35. The van der Waals surface area contributed by atoms with E-state index >= 15 is 0 Å². The Labute approximate surface area is 77.8 Å². The molecule has 2 saturated heterocycles. The molecule has 0 spiro atoms. The number of nitrogens with zero attached hydrogens (tertiary/aromatic N) is 1. The summed E-state index contributed by atoms with van der Waals surface area (Å²) in [5, 5.41) is -0.708. The molecule has 5 heteroatoms. The molecule has 0 aliphatic carbocycles. The van der Waals surface area contributed by atoms with Crippen LogP contribution >= 0.6 is 0 Å². The molecule has 0 unspecified atom stereocenters. The van der Waals surface area contributed by atoms with Crippen LogP contribution in [0.15, 0.2) is 0 Å². The van der Waals surface area contributed by atoms with Crippen LogP contribution < -0.4 is 0 Å². The van der Waals surface area contributed by atoms with Gasteiger partial charge in [-0.1, -0.05) is 6.92 Å². The van der Waals surface area contributed by atoms with Gasteiger partial charge in [0.25, 0.3) is 0 Å². The molecular formula is C8H13NO3S. The molecule has 0 aromatic heterocycles. The van der Waals surface area contributed by atoms with Crippen LogP contribution in [-0.2, 0) is 14.6 Å². The molecule has 13 heavy (non-hydrogen) atoms. The van der Waals surface area contributed by atoms with E-state index in [9.17, 15) is 13.2 Å². The van der Waals surface area contributed by atoms with Crippen LogP contribution in [-0.4, -0.2) is 42.8 Å². The predicted molar refractivity (Wildman–Crippen MR) is 48.0 cm³/mol. The normalized spacial score (nSPS) is 33.0. The van der Waals surface area contributed by atoms with Crippen molar-refractivity contribution in [3.63, 3.8) is 0 Å². The molecule has 2 aliphatic rings. The fourth-order valence-electron chi connectivity index (χ4n) is 2.20. The highest BCUT2D eigenvalue weighted by Crippen LogP contribution is 2.34. The van der Waals surface area contributed by atoms with E-state index in [0.29, 0.717) is 0 Å². The van der Waals surface area contributed by atoms with Crippen LogP contribution in [0.4, 0.5) is 0 Å². The molecule has 2 aliphatic heterocycles. The minimum atomic E-state index is -3.16. The molecule has 2 fully saturated rings. The lowest BCUT2D eigenvalue weighted by atomic mass is 10.0. The summed E-state index contributed by atoms with van der Waals surface area (Å²) in [6, 6.07) is -0.00236. The zero-order valence-corrected chi connectivity index (χ0v) is 8.38. The number of fused-ring (bicyclic) bond motifs is 1. The maximum Gasteiger partial charge on any atom is 0.243 e. The number of carbonyl (C=O) groups excluding carboxylic acids is 1. The quantitative estimate of drug-likeness (QED) is 0.584. The Kier molecular flexibility index (Phi) is 1.87. The molecule has 0 N–H and O–H groups in total. The molecule has 0 bridgehead atoms. The number of rotatable bonds is 2. The lowest BCUT2D eigenvalue weighted by molar-refractivity contribution is -0.141. The van der Waals surface area contributed by atoms with Gasteiger partial charge in [0, 0.05) is 12.3 Å². The summed E-state index contributed by atoms with van der Waals surface area (Å²) in [7, 11) is -3.16. The van der Waals surface area contributed by atoms with E-state index in [4.69, 9.17) is 0 Å². The Morgan fingerprint density at radius 3 is 2.85 bits per heavy atom. The second kappa shape index (κ2) is 2.70. The summed E-state index contributed by atoms with van der Waals surface area (Å²) in [5.74, 6) is -0.0994. The van der Waals surface area contributed by atoms with Gasteiger partial charge in [0.05, 0.1) is 6.04 Å². The van der Waals surface area contributed by atoms with E-state index in [1.54, 1.807) is 11.8 Å². The molecular weight excluding hydrogens is 190 g/mol. The molecule has 1 amide bonds. The van der Waals surface area contributed by atoms with Gasteiger partial charge in [-0.25, -0.2) is 8.42 Å². The molecule has 0 radical (unpaired) electrons. The van der Waals surface area contributed by atoms with E-state index in [1.165, 1.54) is 0 Å². The molecule has 2 heterocycles. The van der Waals surface area contributed by atoms with Gasteiger partial charge in [0.2, 0.25) is 5.91 Å². The van der Waals surface area contributed by atoms with Crippen LogP contribution in [0.25, 0.3) is 0 Å². The maximum atomic E-state index is 11.5. The van der Waals surface area contributed by atoms with Gasteiger partial charge in [0.1, 0.15) is 0 Å². The highest BCUT2D eigenvalue weighted by atomic mass is 32.2. The number of hydrogen-bond donors (Lipinski definition) is 0. The van der Waals surface area contributed by atoms with Crippen LogP contribution in [0.2, 0.25) is 0 Å². The summed E-state index contributed by atoms with van der Waals surface area (Å²) in [6.07, 6.45) is 1.81. The largest absolute Gasteiger partial charge is 0.337 e. The minimum Gasteiger partial charge on any atom is -0.337 e. The first-order chi connectivity index (χ1) is 6.08. The number of sulfone groups is 1. The van der Waals surface area contributed by atoms with Gasteiger partial charge in [-0.3, -0.25) is 4.79 Å². The monoisotopic (exact) mass is 203 g/mol. The van der Waals surface area contributed by atoms with Gasteiger partial charge < -0.3 is 4.90 Å². The van der Waals surface area contributed by atoms with Gasteiger partial charge in [0.15, 0.2) is 15.1 Å². The van der Waals surface area contributed by atoms with Crippen LogP contribution in [0, 0.1) is 0 Å². The average Bonchev–Trinajstić information content (AvgIpc) is 2.47. The van der Waals surface area contributed by atoms with Crippen molar-refractivity contribution in [3.05, 3.63) is 0 Å². The van der Waals surface area contributed by atoms with Gasteiger partial charge >= 0.3 is 0 Å². The second-order valence-electron chi connectivity index (χ2n) is 3.61. The number of carbonyl (C=O) groups is 1. The first-order valence-electron chi connectivity index (χ1n) is 4.60. The van der Waals surface area contributed by atoms with Crippen molar-refractivity contribution in [1.29, 1.82) is 0 Å². The Morgan fingerprint density at radius 2 is 2.23 bits per heavy atom. The van der Waals surface area contributed by atoms with E-state index < -0.39 is 15.1 Å². The fourth-order valence-corrected chi connectivity index (χ4v) is 3.76. The van der Waals surface area contributed by atoms with Crippen molar-refractivity contribution < 1.29 is 13.2 Å². The zero-order chi connectivity index (χ0) is 9.64. The van der Waals surface area contributed by atoms with Crippen molar-refractivity contribution in [3.8, 4) is 0 Å². The zero-order valence-electron chi connectivity index (χ0n) is 7.56. The standard InChI is InChI=1S/C8H13NO3S/c1-2-13(11,12)7-6-4-3-5-9(6)8(7)10/h6-7H,2-5H2,1H3/t6-,7-/m0/s1. The van der Waals surface area contributed by atoms with Gasteiger partial charge in [-0.15, -0.1) is 0 Å². The number of amides is 1. The molecule has 0 saturated carbocycles. The third-order valence-electron chi connectivity index (χ3n) is 2.96. The predicted octanol–water partition coefficient (Wildman–Crippen LogP) is -0.206. The summed E-state index contributed by atoms with van der Waals surface area (Å²) < 4.78 is 23.0. The van der Waals surface area contributed by atoms with Crippen molar-refractivity contribution in [2.24, 2.45) is 0 Å². The molecule has 2 atom stereocenters. The number of hydrogen-bond acceptors (Lipinski definition) is 3. The fraction of sp³-hybridized carbons (Fsp3) is 0.875. The molecule has 0 aromatic rings. The van der Waals surface area contributed by atoms with Crippen molar-refractivity contribution in [1.82, 2.24) is 4.90 Å². The lowest BCUT2D eigenvalue weighted by Gasteiger charge is -2.41. The number of β-lactam (4-membered cyclic amide) rings is 1. The highest BCUT2D eigenvalue weighted by Gasteiger charge is 2.55. The lowest BCUT2D eigenvalue weighted by Crippen LogP contribution is -2.64. The van der Waals surface area contributed by atoms with Crippen LogP contribution in [0.1, 0.15) is 19.8 Å². The Balaban J connectivity index is 2.23. The Morgan fingerprint density at radius 1 is 1.54 bits per heavy atom. The SMILES string of the molecule is CCS(=O)(=O)[C@@H]1C(=O)N2CCC[C@@H]12. The second-order valence-corrected chi connectivity index (χ2v) is 6.02. The third-order valence-corrected chi connectivity index (χ3v) is 5.06. The first-order valence-corrected chi connectivity index (χ1v) is 6.31. The van der Waals surface area contributed by atoms with Crippen LogP contribution in [0.3, 0.4) is 0 Å². The smallest absolute Gasteiger partial charge is 0.243 e. The van der Waals surface area contributed by atoms with E-state index in [1.807, 2.05) is 0 Å². The highest BCUT2D eigenvalue weighted by molar-refractivity contribution is 7.92. The maximum absolute atomic E-state index is 11.5. The molecule has 0 aromatic carbocycles. The summed E-state index contributed by atoms with van der Waals surface area (Å²) in [5.41, 5.74) is 0. The van der Waals surface area contributed by atoms with Crippen LogP contribution in [0.5, 0.6) is 0 Å². The van der Waals surface area contributed by atoms with E-state index in [-0.39, 0.29) is 17.7 Å². The molecule has 4 nitrogen and oxygen atoms in total. The van der Waals surface area contributed by atoms with Crippen molar-refractivity contribution >= 4 is 15.7 Å². The molecule has 2 rings (SSSR count). The van der Waals surface area contributed by atoms with Gasteiger partial charge in [-0.2, -0.15) is 0 Å². The average molecular weight is 203 g/mol. The van der Waals surface area contributed by atoms with Crippen molar-refractivity contribution in [2.45, 2.75) is 31.1 Å². The molecule has 74 valence electrons. The first kappa shape index (κ1) is 8.99. The minimum absolute atomic E-state index is 0.00236. The van der Waals surface area contributed by atoms with E-state index in [2.05, 4.69) is 0 Å². The van der Waals surface area contributed by atoms with E-state index in [0.717, 1.165) is 19.4 Å². The van der Waals surface area contributed by atoms with Gasteiger partial charge in [-0.05, 0) is 12.8 Å². The topological polar surface area (TPSA) is 54.5 Å². The summed E-state index contributed by atoms with van der Waals surface area (Å²) in [4.78, 5) is 13.1. The van der Waals surface area contributed by atoms with Crippen molar-refractivity contribution in [2.75, 3.05) is 12.3 Å². The summed E-state index contributed by atoms with van der Waals surface area (Å²) >= 11 is 0. The Hall–Kier alpha value is -0.580.